The van der Waals surface area contributed by atoms with Gasteiger partial charge in [-0.25, -0.2) is 4.79 Å². The molecule has 0 fully saturated rings. The molecule has 0 aromatic heterocycles. The largest absolute Gasteiger partial charge is 0.479 e. The SMILES string of the molecule is CCCC(Oc1ccc2c(c1)CC[C@@H]2O)C(=O)OCC. The highest BCUT2D eigenvalue weighted by molar-refractivity contribution is 5.75. The average Bonchev–Trinajstić information content (AvgIpc) is 2.80. The molecule has 0 spiro atoms. The second-order valence-corrected chi connectivity index (χ2v) is 5.06. The first-order valence-electron chi connectivity index (χ1n) is 7.29. The number of esters is 1. The third-order valence-electron chi connectivity index (χ3n) is 3.54. The first kappa shape index (κ1) is 14.9. The van der Waals surface area contributed by atoms with Crippen molar-refractivity contribution in [1.82, 2.24) is 0 Å². The molecule has 0 radical (unpaired) electrons. The van der Waals surface area contributed by atoms with Gasteiger partial charge in [0.25, 0.3) is 0 Å². The molecule has 0 saturated carbocycles. The lowest BCUT2D eigenvalue weighted by Gasteiger charge is -2.17. The van der Waals surface area contributed by atoms with E-state index in [0.29, 0.717) is 18.8 Å². The summed E-state index contributed by atoms with van der Waals surface area (Å²) in [6, 6.07) is 5.62. The maximum atomic E-state index is 11.8. The highest BCUT2D eigenvalue weighted by Gasteiger charge is 2.23. The Morgan fingerprint density at radius 3 is 2.95 bits per heavy atom. The minimum Gasteiger partial charge on any atom is -0.479 e. The van der Waals surface area contributed by atoms with Crippen molar-refractivity contribution in [2.45, 2.75) is 51.7 Å². The van der Waals surface area contributed by atoms with Crippen molar-refractivity contribution in [3.8, 4) is 5.75 Å². The van der Waals surface area contributed by atoms with Crippen LogP contribution in [-0.2, 0) is 16.0 Å². The Balaban J connectivity index is 2.09. The summed E-state index contributed by atoms with van der Waals surface area (Å²) in [7, 11) is 0. The molecule has 1 unspecified atom stereocenters. The third kappa shape index (κ3) is 3.31. The van der Waals surface area contributed by atoms with E-state index in [1.54, 1.807) is 6.92 Å². The number of ether oxygens (including phenoxy) is 2. The summed E-state index contributed by atoms with van der Waals surface area (Å²) >= 11 is 0. The minimum atomic E-state index is -0.552. The van der Waals surface area contributed by atoms with Gasteiger partial charge in [0, 0.05) is 0 Å². The summed E-state index contributed by atoms with van der Waals surface area (Å²) in [5, 5.41) is 9.78. The maximum absolute atomic E-state index is 11.8. The summed E-state index contributed by atoms with van der Waals surface area (Å²) in [6.07, 6.45) is 2.19. The molecule has 4 heteroatoms. The van der Waals surface area contributed by atoms with E-state index in [1.807, 2.05) is 25.1 Å². The van der Waals surface area contributed by atoms with Gasteiger partial charge in [0.15, 0.2) is 6.10 Å². The molecule has 1 aliphatic carbocycles. The summed E-state index contributed by atoms with van der Waals surface area (Å²) in [4.78, 5) is 11.8. The van der Waals surface area contributed by atoms with Gasteiger partial charge in [0.05, 0.1) is 12.7 Å². The van der Waals surface area contributed by atoms with Crippen LogP contribution in [0.2, 0.25) is 0 Å². The molecular weight excluding hydrogens is 256 g/mol. The number of fused-ring (bicyclic) bond motifs is 1. The van der Waals surface area contributed by atoms with Gasteiger partial charge in [0.2, 0.25) is 0 Å². The smallest absolute Gasteiger partial charge is 0.347 e. The van der Waals surface area contributed by atoms with Crippen molar-refractivity contribution in [3.05, 3.63) is 29.3 Å². The molecule has 4 nitrogen and oxygen atoms in total. The Hall–Kier alpha value is -1.55. The van der Waals surface area contributed by atoms with Gasteiger partial charge in [-0.1, -0.05) is 19.4 Å². The van der Waals surface area contributed by atoms with Crippen molar-refractivity contribution in [2.24, 2.45) is 0 Å². The van der Waals surface area contributed by atoms with Gasteiger partial charge in [0.1, 0.15) is 5.75 Å². The fourth-order valence-electron chi connectivity index (χ4n) is 2.53. The van der Waals surface area contributed by atoms with Crippen LogP contribution in [0.25, 0.3) is 0 Å². The second kappa shape index (κ2) is 6.75. The van der Waals surface area contributed by atoms with Crippen molar-refractivity contribution < 1.29 is 19.4 Å². The molecule has 2 atom stereocenters. The highest BCUT2D eigenvalue weighted by atomic mass is 16.6. The number of aryl methyl sites for hydroxylation is 1. The van der Waals surface area contributed by atoms with E-state index in [0.717, 1.165) is 30.4 Å². The van der Waals surface area contributed by atoms with Gasteiger partial charge >= 0.3 is 5.97 Å². The predicted octanol–water partition coefficient (Wildman–Crippen LogP) is 2.78. The molecule has 1 aliphatic rings. The Labute approximate surface area is 119 Å². The Kier molecular flexibility index (Phi) is 5.01. The zero-order valence-electron chi connectivity index (χ0n) is 12.1. The number of carbonyl (C=O) groups excluding carboxylic acids is 1. The molecule has 0 amide bonds. The van der Waals surface area contributed by atoms with Crippen LogP contribution in [0.3, 0.4) is 0 Å². The van der Waals surface area contributed by atoms with Crippen molar-refractivity contribution in [3.63, 3.8) is 0 Å². The van der Waals surface area contributed by atoms with E-state index in [4.69, 9.17) is 9.47 Å². The average molecular weight is 278 g/mol. The van der Waals surface area contributed by atoms with Gasteiger partial charge in [-0.3, -0.25) is 0 Å². The fraction of sp³-hybridized carbons (Fsp3) is 0.562. The second-order valence-electron chi connectivity index (χ2n) is 5.06. The standard InChI is InChI=1S/C16H22O4/c1-3-5-15(16(18)19-4-2)20-12-7-8-13-11(10-12)6-9-14(13)17/h7-8,10,14-15,17H,3-6,9H2,1-2H3/t14-,15?/m0/s1. The van der Waals surface area contributed by atoms with Gasteiger partial charge < -0.3 is 14.6 Å². The summed E-state index contributed by atoms with van der Waals surface area (Å²) in [5.74, 6) is 0.360. The summed E-state index contributed by atoms with van der Waals surface area (Å²) in [6.45, 7) is 4.16. The summed E-state index contributed by atoms with van der Waals surface area (Å²) < 4.78 is 10.8. The lowest BCUT2D eigenvalue weighted by atomic mass is 10.1. The summed E-state index contributed by atoms with van der Waals surface area (Å²) in [5.41, 5.74) is 2.08. The van der Waals surface area contributed by atoms with E-state index in [1.165, 1.54) is 0 Å². The van der Waals surface area contributed by atoms with Crippen LogP contribution < -0.4 is 4.74 Å². The van der Waals surface area contributed by atoms with Gasteiger partial charge in [-0.15, -0.1) is 0 Å². The number of hydrogen-bond donors (Lipinski definition) is 1. The normalized spacial score (nSPS) is 18.4. The molecule has 0 saturated heterocycles. The Bertz CT molecular complexity index is 470. The minimum absolute atomic E-state index is 0.310. The number of rotatable bonds is 6. The molecule has 20 heavy (non-hydrogen) atoms. The first-order chi connectivity index (χ1) is 9.65. The Morgan fingerprint density at radius 1 is 1.45 bits per heavy atom. The van der Waals surface area contributed by atoms with Gasteiger partial charge in [-0.2, -0.15) is 0 Å². The van der Waals surface area contributed by atoms with Crippen LogP contribution in [0.5, 0.6) is 5.75 Å². The molecule has 1 aromatic rings. The van der Waals surface area contributed by atoms with E-state index >= 15 is 0 Å². The topological polar surface area (TPSA) is 55.8 Å². The zero-order chi connectivity index (χ0) is 14.5. The maximum Gasteiger partial charge on any atom is 0.347 e. The molecule has 0 heterocycles. The number of hydrogen-bond acceptors (Lipinski definition) is 4. The molecule has 1 N–H and O–H groups in total. The molecule has 0 bridgehead atoms. The first-order valence-corrected chi connectivity index (χ1v) is 7.29. The number of aliphatic hydroxyl groups is 1. The third-order valence-corrected chi connectivity index (χ3v) is 3.54. The van der Waals surface area contributed by atoms with Crippen molar-refractivity contribution >= 4 is 5.97 Å². The van der Waals surface area contributed by atoms with Crippen LogP contribution >= 0.6 is 0 Å². The van der Waals surface area contributed by atoms with E-state index in [-0.39, 0.29) is 12.1 Å². The molecule has 2 rings (SSSR count). The van der Waals surface area contributed by atoms with Gasteiger partial charge in [-0.05, 0) is 49.4 Å². The lowest BCUT2D eigenvalue weighted by Crippen LogP contribution is -2.29. The quantitative estimate of drug-likeness (QED) is 0.813. The van der Waals surface area contributed by atoms with Crippen LogP contribution in [0.4, 0.5) is 0 Å². The molecule has 110 valence electrons. The van der Waals surface area contributed by atoms with Crippen LogP contribution in [-0.4, -0.2) is 23.8 Å². The van der Waals surface area contributed by atoms with Crippen molar-refractivity contribution in [2.75, 3.05) is 6.61 Å². The van der Waals surface area contributed by atoms with E-state index in [9.17, 15) is 9.90 Å². The van der Waals surface area contributed by atoms with E-state index < -0.39 is 6.10 Å². The lowest BCUT2D eigenvalue weighted by molar-refractivity contribution is -0.151. The van der Waals surface area contributed by atoms with Crippen molar-refractivity contribution in [1.29, 1.82) is 0 Å². The molecular formula is C16H22O4. The zero-order valence-corrected chi connectivity index (χ0v) is 12.1. The molecule has 0 aliphatic heterocycles. The number of carbonyl (C=O) groups is 1. The highest BCUT2D eigenvalue weighted by Crippen LogP contribution is 2.33. The predicted molar refractivity (Wildman–Crippen MR) is 75.7 cm³/mol. The fourth-order valence-corrected chi connectivity index (χ4v) is 2.53. The molecule has 1 aromatic carbocycles. The monoisotopic (exact) mass is 278 g/mol. The number of benzene rings is 1. The number of aliphatic hydroxyl groups excluding tert-OH is 1. The van der Waals surface area contributed by atoms with E-state index in [2.05, 4.69) is 0 Å². The van der Waals surface area contributed by atoms with Crippen LogP contribution in [0.15, 0.2) is 18.2 Å². The van der Waals surface area contributed by atoms with Crippen LogP contribution in [0.1, 0.15) is 50.3 Å². The Morgan fingerprint density at radius 2 is 2.25 bits per heavy atom. The van der Waals surface area contributed by atoms with Crippen LogP contribution in [0, 0.1) is 0 Å².